The molecular formula is C19H17ClN2O4S. The molecule has 1 heterocycles. The van der Waals surface area contributed by atoms with Gasteiger partial charge in [0.1, 0.15) is 5.76 Å². The Labute approximate surface area is 162 Å². The minimum absolute atomic E-state index is 0.0598. The fourth-order valence-electron chi connectivity index (χ4n) is 2.37. The average molecular weight is 405 g/mol. The number of hydrogen-bond acceptors (Lipinski definition) is 4. The average Bonchev–Trinajstić information content (AvgIpc) is 3.17. The van der Waals surface area contributed by atoms with E-state index in [2.05, 4.69) is 10.0 Å². The van der Waals surface area contributed by atoms with Gasteiger partial charge in [-0.2, -0.15) is 0 Å². The molecule has 1 aromatic heterocycles. The Morgan fingerprint density at radius 3 is 2.33 bits per heavy atom. The summed E-state index contributed by atoms with van der Waals surface area (Å²) in [7, 11) is -3.75. The molecule has 2 N–H and O–H groups in total. The van der Waals surface area contributed by atoms with Gasteiger partial charge in [-0.05, 0) is 60.7 Å². The van der Waals surface area contributed by atoms with Crippen molar-refractivity contribution in [1.29, 1.82) is 0 Å². The molecule has 0 atom stereocenters. The van der Waals surface area contributed by atoms with Gasteiger partial charge in [0.05, 0.1) is 11.2 Å². The third kappa shape index (κ3) is 5.12. The second kappa shape index (κ2) is 8.28. The van der Waals surface area contributed by atoms with E-state index >= 15 is 0 Å². The van der Waals surface area contributed by atoms with Crippen LogP contribution in [0.5, 0.6) is 0 Å². The maximum atomic E-state index is 12.4. The molecule has 2 aromatic carbocycles. The highest BCUT2D eigenvalue weighted by molar-refractivity contribution is 7.92. The van der Waals surface area contributed by atoms with Crippen LogP contribution in [0.15, 0.2) is 76.2 Å². The molecule has 0 aliphatic rings. The smallest absolute Gasteiger partial charge is 0.261 e. The molecule has 3 aromatic rings. The summed E-state index contributed by atoms with van der Waals surface area (Å²) >= 11 is 5.79. The lowest BCUT2D eigenvalue weighted by atomic mass is 10.2. The van der Waals surface area contributed by atoms with Crippen molar-refractivity contribution in [2.45, 2.75) is 11.3 Å². The maximum absolute atomic E-state index is 12.4. The Balaban J connectivity index is 1.61. The van der Waals surface area contributed by atoms with Gasteiger partial charge >= 0.3 is 0 Å². The number of furan rings is 1. The first-order valence-electron chi connectivity index (χ1n) is 8.13. The van der Waals surface area contributed by atoms with Crippen molar-refractivity contribution in [2.75, 3.05) is 11.3 Å². The van der Waals surface area contributed by atoms with Gasteiger partial charge in [-0.25, -0.2) is 8.42 Å². The predicted octanol–water partition coefficient (Wildman–Crippen LogP) is 3.71. The van der Waals surface area contributed by atoms with Crippen molar-refractivity contribution >= 4 is 33.2 Å². The van der Waals surface area contributed by atoms with E-state index in [1.54, 1.807) is 36.6 Å². The van der Waals surface area contributed by atoms with Crippen LogP contribution in [0, 0.1) is 0 Å². The first-order chi connectivity index (χ1) is 12.9. The van der Waals surface area contributed by atoms with Crippen molar-refractivity contribution in [3.8, 4) is 0 Å². The van der Waals surface area contributed by atoms with E-state index in [4.69, 9.17) is 16.0 Å². The summed E-state index contributed by atoms with van der Waals surface area (Å²) in [6.45, 7) is 0.421. The van der Waals surface area contributed by atoms with Crippen LogP contribution < -0.4 is 10.0 Å². The highest BCUT2D eigenvalue weighted by atomic mass is 35.5. The van der Waals surface area contributed by atoms with E-state index < -0.39 is 10.0 Å². The minimum atomic E-state index is -3.75. The zero-order chi connectivity index (χ0) is 19.3. The molecule has 0 fully saturated rings. The minimum Gasteiger partial charge on any atom is -0.469 e. The van der Waals surface area contributed by atoms with Gasteiger partial charge in [-0.3, -0.25) is 9.52 Å². The molecular weight excluding hydrogens is 388 g/mol. The Bertz CT molecular complexity index is 999. The molecule has 0 radical (unpaired) electrons. The lowest BCUT2D eigenvalue weighted by molar-refractivity contribution is 0.0953. The SMILES string of the molecule is O=C(NCCc1ccco1)c1ccc(S(=O)(=O)Nc2ccc(Cl)cc2)cc1. The van der Waals surface area contributed by atoms with Crippen LogP contribution in [0.4, 0.5) is 5.69 Å². The van der Waals surface area contributed by atoms with Crippen LogP contribution in [-0.4, -0.2) is 20.9 Å². The fourth-order valence-corrected chi connectivity index (χ4v) is 3.56. The number of amides is 1. The molecule has 1 amide bonds. The quantitative estimate of drug-likeness (QED) is 0.628. The van der Waals surface area contributed by atoms with Crippen molar-refractivity contribution in [2.24, 2.45) is 0 Å². The van der Waals surface area contributed by atoms with Crippen LogP contribution in [0.1, 0.15) is 16.1 Å². The van der Waals surface area contributed by atoms with E-state index in [0.717, 1.165) is 5.76 Å². The maximum Gasteiger partial charge on any atom is 0.261 e. The molecule has 3 rings (SSSR count). The van der Waals surface area contributed by atoms with Gasteiger partial charge in [0.15, 0.2) is 0 Å². The largest absolute Gasteiger partial charge is 0.469 e. The van der Waals surface area contributed by atoms with Crippen molar-refractivity contribution in [3.63, 3.8) is 0 Å². The fraction of sp³-hybridized carbons (Fsp3) is 0.105. The monoisotopic (exact) mass is 404 g/mol. The number of hydrogen-bond donors (Lipinski definition) is 2. The van der Waals surface area contributed by atoms with E-state index in [0.29, 0.717) is 29.2 Å². The summed E-state index contributed by atoms with van der Waals surface area (Å²) < 4.78 is 32.5. The standard InChI is InChI=1S/C19H17ClN2O4S/c20-15-5-7-16(8-6-15)22-27(24,25)18-9-3-14(4-10-18)19(23)21-12-11-17-2-1-13-26-17/h1-10,13,22H,11-12H2,(H,21,23). The third-order valence-corrected chi connectivity index (χ3v) is 5.41. The van der Waals surface area contributed by atoms with E-state index in [1.807, 2.05) is 6.07 Å². The zero-order valence-corrected chi connectivity index (χ0v) is 15.8. The summed E-state index contributed by atoms with van der Waals surface area (Å²) in [5, 5.41) is 3.28. The topological polar surface area (TPSA) is 88.4 Å². The highest BCUT2D eigenvalue weighted by Crippen LogP contribution is 2.18. The van der Waals surface area contributed by atoms with E-state index in [1.165, 1.54) is 24.3 Å². The van der Waals surface area contributed by atoms with Gasteiger partial charge in [-0.15, -0.1) is 0 Å². The highest BCUT2D eigenvalue weighted by Gasteiger charge is 2.15. The number of benzene rings is 2. The predicted molar refractivity (Wildman–Crippen MR) is 103 cm³/mol. The van der Waals surface area contributed by atoms with Crippen molar-refractivity contribution in [3.05, 3.63) is 83.3 Å². The molecule has 6 nitrogen and oxygen atoms in total. The summed E-state index contributed by atoms with van der Waals surface area (Å²) in [4.78, 5) is 12.2. The number of carbonyl (C=O) groups excluding carboxylic acids is 1. The number of nitrogens with one attached hydrogen (secondary N) is 2. The summed E-state index contributed by atoms with van der Waals surface area (Å²) in [5.41, 5.74) is 0.777. The first-order valence-corrected chi connectivity index (χ1v) is 9.99. The first kappa shape index (κ1) is 19.0. The number of carbonyl (C=O) groups is 1. The molecule has 0 unspecified atom stereocenters. The zero-order valence-electron chi connectivity index (χ0n) is 14.2. The molecule has 140 valence electrons. The van der Waals surface area contributed by atoms with E-state index in [-0.39, 0.29) is 10.8 Å². The van der Waals surface area contributed by atoms with Crippen LogP contribution >= 0.6 is 11.6 Å². The third-order valence-electron chi connectivity index (χ3n) is 3.76. The van der Waals surface area contributed by atoms with Gasteiger partial charge in [0.2, 0.25) is 0 Å². The summed E-state index contributed by atoms with van der Waals surface area (Å²) in [6, 6.07) is 15.7. The molecule has 27 heavy (non-hydrogen) atoms. The number of rotatable bonds is 7. The lowest BCUT2D eigenvalue weighted by Gasteiger charge is -2.09. The molecule has 0 bridgehead atoms. The van der Waals surface area contributed by atoms with Crippen molar-refractivity contribution < 1.29 is 17.6 Å². The van der Waals surface area contributed by atoms with Gasteiger partial charge in [0, 0.05) is 29.2 Å². The molecule has 0 aliphatic heterocycles. The van der Waals surface area contributed by atoms with Crippen LogP contribution in [0.3, 0.4) is 0 Å². The van der Waals surface area contributed by atoms with Crippen LogP contribution in [0.2, 0.25) is 5.02 Å². The van der Waals surface area contributed by atoms with Crippen molar-refractivity contribution in [1.82, 2.24) is 5.32 Å². The van der Waals surface area contributed by atoms with Gasteiger partial charge in [0.25, 0.3) is 15.9 Å². The lowest BCUT2D eigenvalue weighted by Crippen LogP contribution is -2.25. The Morgan fingerprint density at radius 1 is 1.00 bits per heavy atom. The summed E-state index contributed by atoms with van der Waals surface area (Å²) in [6.07, 6.45) is 2.16. The molecule has 0 saturated carbocycles. The number of halogens is 1. The number of sulfonamides is 1. The normalized spacial score (nSPS) is 11.1. The van der Waals surface area contributed by atoms with Gasteiger partial charge < -0.3 is 9.73 Å². The Kier molecular flexibility index (Phi) is 5.83. The molecule has 0 aliphatic carbocycles. The Morgan fingerprint density at radius 2 is 1.70 bits per heavy atom. The molecule has 0 saturated heterocycles. The second-order valence-electron chi connectivity index (χ2n) is 5.72. The summed E-state index contributed by atoms with van der Waals surface area (Å²) in [5.74, 6) is 0.501. The second-order valence-corrected chi connectivity index (χ2v) is 7.84. The van der Waals surface area contributed by atoms with Crippen LogP contribution in [-0.2, 0) is 16.4 Å². The molecule has 0 spiro atoms. The Hall–Kier alpha value is -2.77. The van der Waals surface area contributed by atoms with Gasteiger partial charge in [-0.1, -0.05) is 11.6 Å². The van der Waals surface area contributed by atoms with Crippen LogP contribution in [0.25, 0.3) is 0 Å². The number of anilines is 1. The molecule has 8 heteroatoms. The van der Waals surface area contributed by atoms with E-state index in [9.17, 15) is 13.2 Å².